The summed E-state index contributed by atoms with van der Waals surface area (Å²) in [6, 6.07) is 0. The average molecular weight is 189 g/mol. The highest BCUT2D eigenvalue weighted by Crippen LogP contribution is 2.51. The van der Waals surface area contributed by atoms with Crippen molar-refractivity contribution in [2.24, 2.45) is 17.8 Å². The summed E-state index contributed by atoms with van der Waals surface area (Å²) in [6.07, 6.45) is 8.82. The van der Waals surface area contributed by atoms with Gasteiger partial charge in [-0.3, -0.25) is 0 Å². The Morgan fingerprint density at radius 2 is 2.31 bits per heavy atom. The third-order valence-corrected chi connectivity index (χ3v) is 3.89. The second-order valence-electron chi connectivity index (χ2n) is 3.83. The van der Waals surface area contributed by atoms with E-state index in [2.05, 4.69) is 30.1 Å². The van der Waals surface area contributed by atoms with Gasteiger partial charge in [-0.25, -0.2) is 4.98 Å². The predicted octanol–water partition coefficient (Wildman–Crippen LogP) is 2.98. The molecule has 1 saturated carbocycles. The molecule has 66 valence electrons. The van der Waals surface area contributed by atoms with Crippen LogP contribution in [0.1, 0.15) is 11.9 Å². The van der Waals surface area contributed by atoms with Crippen LogP contribution in [-0.2, 0) is 0 Å². The van der Waals surface area contributed by atoms with E-state index in [9.17, 15) is 0 Å². The number of hydrogen-bond acceptors (Lipinski definition) is 2. The van der Waals surface area contributed by atoms with E-state index in [1.165, 1.54) is 5.57 Å². The highest BCUT2D eigenvalue weighted by Gasteiger charge is 2.44. The van der Waals surface area contributed by atoms with Gasteiger partial charge in [0.2, 0.25) is 0 Å². The number of nitrogens with zero attached hydrogens (tertiary/aromatic N) is 1. The summed E-state index contributed by atoms with van der Waals surface area (Å²) >= 11 is 1.72. The second-order valence-corrected chi connectivity index (χ2v) is 4.73. The van der Waals surface area contributed by atoms with Gasteiger partial charge >= 0.3 is 0 Å². The molecule has 0 N–H and O–H groups in total. The van der Waals surface area contributed by atoms with Crippen LogP contribution in [0.25, 0.3) is 5.57 Å². The maximum Gasteiger partial charge on any atom is 0.122 e. The molecule has 2 aliphatic rings. The molecule has 0 saturated heterocycles. The Bertz CT molecular complexity index is 375. The van der Waals surface area contributed by atoms with Crippen LogP contribution in [-0.4, -0.2) is 4.98 Å². The van der Waals surface area contributed by atoms with Crippen LogP contribution in [0.2, 0.25) is 0 Å². The van der Waals surface area contributed by atoms with Gasteiger partial charge in [-0.05, 0) is 17.8 Å². The zero-order valence-corrected chi connectivity index (χ0v) is 8.29. The van der Waals surface area contributed by atoms with Crippen molar-refractivity contribution in [2.45, 2.75) is 6.92 Å². The van der Waals surface area contributed by atoms with Crippen LogP contribution in [0, 0.1) is 17.8 Å². The number of rotatable bonds is 1. The lowest BCUT2D eigenvalue weighted by Crippen LogP contribution is -1.86. The maximum atomic E-state index is 4.32. The third kappa shape index (κ3) is 1.09. The summed E-state index contributed by atoms with van der Waals surface area (Å²) in [5, 5.41) is 3.20. The molecule has 1 aromatic heterocycles. The third-order valence-electron chi connectivity index (χ3n) is 3.07. The molecule has 0 spiro atoms. The molecule has 1 heterocycles. The standard InChI is InChI=1S/C11H11NS/c1-7-9-3-2-8(6-10(7)9)11-12-4-5-13-11/h2-7,9-10H,1H3. The molecule has 0 radical (unpaired) electrons. The minimum Gasteiger partial charge on any atom is -0.245 e. The van der Waals surface area contributed by atoms with Crippen molar-refractivity contribution in [1.82, 2.24) is 4.98 Å². The van der Waals surface area contributed by atoms with Crippen LogP contribution in [0.15, 0.2) is 29.8 Å². The fourth-order valence-electron chi connectivity index (χ4n) is 2.08. The Hall–Kier alpha value is -0.890. The number of allylic oxidation sites excluding steroid dienone is 4. The molecule has 1 nitrogen and oxygen atoms in total. The largest absolute Gasteiger partial charge is 0.245 e. The van der Waals surface area contributed by atoms with Gasteiger partial charge < -0.3 is 0 Å². The zero-order valence-electron chi connectivity index (χ0n) is 7.47. The van der Waals surface area contributed by atoms with Gasteiger partial charge in [0.25, 0.3) is 0 Å². The van der Waals surface area contributed by atoms with Gasteiger partial charge in [0.05, 0.1) is 0 Å². The van der Waals surface area contributed by atoms with Gasteiger partial charge in [-0.2, -0.15) is 0 Å². The Balaban J connectivity index is 1.95. The van der Waals surface area contributed by atoms with Gasteiger partial charge in [0.15, 0.2) is 0 Å². The van der Waals surface area contributed by atoms with E-state index in [-0.39, 0.29) is 0 Å². The maximum absolute atomic E-state index is 4.32. The lowest BCUT2D eigenvalue weighted by atomic mass is 10.1. The molecule has 0 bridgehead atoms. The fraction of sp³-hybridized carbons (Fsp3) is 0.364. The zero-order chi connectivity index (χ0) is 8.84. The van der Waals surface area contributed by atoms with Crippen molar-refractivity contribution in [3.63, 3.8) is 0 Å². The van der Waals surface area contributed by atoms with E-state index in [1.54, 1.807) is 11.3 Å². The van der Waals surface area contributed by atoms with Crippen molar-refractivity contribution in [2.75, 3.05) is 0 Å². The normalized spacial score (nSPS) is 35.5. The van der Waals surface area contributed by atoms with Gasteiger partial charge in [-0.15, -0.1) is 11.3 Å². The molecule has 1 fully saturated rings. The molecule has 0 aliphatic heterocycles. The molecule has 0 aromatic carbocycles. The molecular formula is C11H11NS. The van der Waals surface area contributed by atoms with E-state index in [1.807, 2.05) is 11.6 Å². The number of hydrogen-bond donors (Lipinski definition) is 0. The first-order valence-electron chi connectivity index (χ1n) is 4.66. The van der Waals surface area contributed by atoms with E-state index in [4.69, 9.17) is 0 Å². The first kappa shape index (κ1) is 7.51. The van der Waals surface area contributed by atoms with Gasteiger partial charge in [0.1, 0.15) is 5.01 Å². The molecule has 2 heteroatoms. The summed E-state index contributed by atoms with van der Waals surface area (Å²) in [5.41, 5.74) is 1.32. The molecule has 3 atom stereocenters. The molecule has 3 unspecified atom stereocenters. The van der Waals surface area contributed by atoms with Crippen LogP contribution >= 0.6 is 11.3 Å². The summed E-state index contributed by atoms with van der Waals surface area (Å²) in [7, 11) is 0. The highest BCUT2D eigenvalue weighted by atomic mass is 32.1. The highest BCUT2D eigenvalue weighted by molar-refractivity contribution is 7.10. The van der Waals surface area contributed by atoms with E-state index >= 15 is 0 Å². The first-order valence-corrected chi connectivity index (χ1v) is 5.54. The quantitative estimate of drug-likeness (QED) is 0.662. The van der Waals surface area contributed by atoms with Crippen molar-refractivity contribution in [3.05, 3.63) is 34.8 Å². The predicted molar refractivity (Wildman–Crippen MR) is 55.4 cm³/mol. The SMILES string of the molecule is CC1C2C=CC(c3nccs3)=CC12. The van der Waals surface area contributed by atoms with Crippen molar-refractivity contribution in [1.29, 1.82) is 0 Å². The second kappa shape index (κ2) is 2.55. The number of aromatic nitrogens is 1. The van der Waals surface area contributed by atoms with Crippen LogP contribution < -0.4 is 0 Å². The number of thiazole rings is 1. The summed E-state index contributed by atoms with van der Waals surface area (Å²) < 4.78 is 0. The lowest BCUT2D eigenvalue weighted by molar-refractivity contribution is 0.885. The molecule has 2 aliphatic carbocycles. The summed E-state index contributed by atoms with van der Waals surface area (Å²) in [6.45, 7) is 2.32. The Kier molecular flexibility index (Phi) is 1.47. The summed E-state index contributed by atoms with van der Waals surface area (Å²) in [5.74, 6) is 2.47. The minimum absolute atomic E-state index is 0.795. The molecular weight excluding hydrogens is 178 g/mol. The van der Waals surface area contributed by atoms with Crippen LogP contribution in [0.5, 0.6) is 0 Å². The van der Waals surface area contributed by atoms with Crippen molar-refractivity contribution < 1.29 is 0 Å². The molecule has 13 heavy (non-hydrogen) atoms. The van der Waals surface area contributed by atoms with E-state index in [0.29, 0.717) is 0 Å². The van der Waals surface area contributed by atoms with Crippen LogP contribution in [0.3, 0.4) is 0 Å². The van der Waals surface area contributed by atoms with E-state index < -0.39 is 0 Å². The van der Waals surface area contributed by atoms with Gasteiger partial charge in [-0.1, -0.05) is 25.2 Å². The monoisotopic (exact) mass is 189 g/mol. The lowest BCUT2D eigenvalue weighted by Gasteiger charge is -2.01. The average Bonchev–Trinajstić information content (AvgIpc) is 2.67. The molecule has 0 amide bonds. The molecule has 1 aromatic rings. The fourth-order valence-corrected chi connectivity index (χ4v) is 2.72. The van der Waals surface area contributed by atoms with Gasteiger partial charge in [0, 0.05) is 17.2 Å². The topological polar surface area (TPSA) is 12.9 Å². The Morgan fingerprint density at radius 3 is 3.00 bits per heavy atom. The first-order chi connectivity index (χ1) is 6.36. The van der Waals surface area contributed by atoms with E-state index in [0.717, 1.165) is 22.8 Å². The van der Waals surface area contributed by atoms with Crippen LogP contribution in [0.4, 0.5) is 0 Å². The van der Waals surface area contributed by atoms with Crippen molar-refractivity contribution in [3.8, 4) is 0 Å². The summed E-state index contributed by atoms with van der Waals surface area (Å²) in [4.78, 5) is 4.32. The Labute approximate surface area is 81.8 Å². The Morgan fingerprint density at radius 1 is 1.38 bits per heavy atom. The number of fused-ring (bicyclic) bond motifs is 1. The smallest absolute Gasteiger partial charge is 0.122 e. The van der Waals surface area contributed by atoms with Crippen molar-refractivity contribution >= 4 is 16.9 Å². The minimum atomic E-state index is 0.795. The molecule has 3 rings (SSSR count).